The Morgan fingerprint density at radius 1 is 1.40 bits per heavy atom. The maximum Gasteiger partial charge on any atom is 0.325 e. The highest BCUT2D eigenvalue weighted by Crippen LogP contribution is 2.23. The second-order valence-electron chi connectivity index (χ2n) is 4.31. The molecule has 0 atom stereocenters. The molecule has 1 aromatic heterocycles. The SMILES string of the molecule is COC(=O)CNC(=O)c1cc(C)nc2c(N)cccc12. The van der Waals surface area contributed by atoms with Crippen molar-refractivity contribution in [3.05, 3.63) is 35.5 Å². The van der Waals surface area contributed by atoms with Gasteiger partial charge in [-0.15, -0.1) is 0 Å². The predicted octanol–water partition coefficient (Wildman–Crippen LogP) is 1.03. The Bertz CT molecular complexity index is 683. The standard InChI is InChI=1S/C14H15N3O3/c1-8-6-10(14(19)16-7-12(18)20-2)9-4-3-5-11(15)13(9)17-8/h3-6H,7,15H2,1-2H3,(H,16,19). The number of carbonyl (C=O) groups excluding carboxylic acids is 2. The Morgan fingerprint density at radius 3 is 2.85 bits per heavy atom. The van der Waals surface area contributed by atoms with Crippen LogP contribution in [0, 0.1) is 6.92 Å². The van der Waals surface area contributed by atoms with Gasteiger partial charge in [-0.3, -0.25) is 14.6 Å². The van der Waals surface area contributed by atoms with Gasteiger partial charge in [0, 0.05) is 11.1 Å². The van der Waals surface area contributed by atoms with E-state index >= 15 is 0 Å². The minimum absolute atomic E-state index is 0.180. The number of anilines is 1. The van der Waals surface area contributed by atoms with Crippen molar-refractivity contribution in [3.8, 4) is 0 Å². The average Bonchev–Trinajstić information content (AvgIpc) is 2.44. The monoisotopic (exact) mass is 273 g/mol. The summed E-state index contributed by atoms with van der Waals surface area (Å²) in [5.41, 5.74) is 8.07. The number of ether oxygens (including phenoxy) is 1. The lowest BCUT2D eigenvalue weighted by atomic mass is 10.1. The van der Waals surface area contributed by atoms with E-state index in [2.05, 4.69) is 15.0 Å². The molecule has 0 spiro atoms. The third-order valence-corrected chi connectivity index (χ3v) is 2.86. The molecule has 0 radical (unpaired) electrons. The molecule has 0 saturated carbocycles. The van der Waals surface area contributed by atoms with E-state index in [-0.39, 0.29) is 12.5 Å². The zero-order chi connectivity index (χ0) is 14.7. The maximum absolute atomic E-state index is 12.2. The second-order valence-corrected chi connectivity index (χ2v) is 4.31. The molecule has 3 N–H and O–H groups in total. The number of rotatable bonds is 3. The number of nitrogens with two attached hydrogens (primary N) is 1. The summed E-state index contributed by atoms with van der Waals surface area (Å²) in [6.07, 6.45) is 0. The zero-order valence-electron chi connectivity index (χ0n) is 11.3. The van der Waals surface area contributed by atoms with E-state index < -0.39 is 5.97 Å². The van der Waals surface area contributed by atoms with Crippen LogP contribution in [-0.2, 0) is 9.53 Å². The Hall–Kier alpha value is -2.63. The van der Waals surface area contributed by atoms with Crippen LogP contribution in [0.4, 0.5) is 5.69 Å². The highest BCUT2D eigenvalue weighted by atomic mass is 16.5. The van der Waals surface area contributed by atoms with Crippen molar-refractivity contribution in [3.63, 3.8) is 0 Å². The molecule has 0 aliphatic heterocycles. The van der Waals surface area contributed by atoms with Gasteiger partial charge in [-0.1, -0.05) is 12.1 Å². The van der Waals surface area contributed by atoms with Crippen molar-refractivity contribution in [2.24, 2.45) is 0 Å². The highest BCUT2D eigenvalue weighted by Gasteiger charge is 2.14. The molecule has 20 heavy (non-hydrogen) atoms. The molecule has 0 fully saturated rings. The summed E-state index contributed by atoms with van der Waals surface area (Å²) in [5, 5.41) is 3.16. The summed E-state index contributed by atoms with van der Waals surface area (Å²) in [6.45, 7) is 1.60. The summed E-state index contributed by atoms with van der Waals surface area (Å²) in [4.78, 5) is 27.6. The number of esters is 1. The number of nitrogens with zero attached hydrogens (tertiary/aromatic N) is 1. The zero-order valence-corrected chi connectivity index (χ0v) is 11.3. The molecule has 0 saturated heterocycles. The largest absolute Gasteiger partial charge is 0.468 e. The normalized spacial score (nSPS) is 10.3. The number of para-hydroxylation sites is 1. The molecule has 1 amide bonds. The summed E-state index contributed by atoms with van der Waals surface area (Å²) in [6, 6.07) is 6.91. The van der Waals surface area contributed by atoms with Crippen molar-refractivity contribution < 1.29 is 14.3 Å². The number of nitrogens with one attached hydrogen (secondary N) is 1. The number of carbonyl (C=O) groups is 2. The van der Waals surface area contributed by atoms with Gasteiger partial charge in [0.25, 0.3) is 5.91 Å². The van der Waals surface area contributed by atoms with E-state index in [1.807, 2.05) is 0 Å². The first-order chi connectivity index (χ1) is 9.52. The minimum atomic E-state index is -0.507. The van der Waals surface area contributed by atoms with E-state index in [0.29, 0.717) is 27.8 Å². The molecule has 6 heteroatoms. The minimum Gasteiger partial charge on any atom is -0.468 e. The molecule has 0 aliphatic carbocycles. The number of aryl methyl sites for hydroxylation is 1. The van der Waals surface area contributed by atoms with Crippen LogP contribution in [0.2, 0.25) is 0 Å². The number of pyridine rings is 1. The average molecular weight is 273 g/mol. The van der Waals surface area contributed by atoms with Crippen molar-refractivity contribution in [2.75, 3.05) is 19.4 Å². The van der Waals surface area contributed by atoms with E-state index in [4.69, 9.17) is 5.73 Å². The van der Waals surface area contributed by atoms with Gasteiger partial charge in [0.05, 0.1) is 23.9 Å². The van der Waals surface area contributed by atoms with Crippen LogP contribution in [-0.4, -0.2) is 30.5 Å². The lowest BCUT2D eigenvalue weighted by Crippen LogP contribution is -2.30. The molecule has 1 aromatic carbocycles. The van der Waals surface area contributed by atoms with Crippen molar-refractivity contribution >= 4 is 28.5 Å². The van der Waals surface area contributed by atoms with Gasteiger partial charge in [-0.2, -0.15) is 0 Å². The molecule has 6 nitrogen and oxygen atoms in total. The Kier molecular flexibility index (Phi) is 3.84. The Balaban J connectivity index is 2.41. The summed E-state index contributed by atoms with van der Waals surface area (Å²) < 4.78 is 4.48. The molecular weight excluding hydrogens is 258 g/mol. The lowest BCUT2D eigenvalue weighted by Gasteiger charge is -2.09. The topological polar surface area (TPSA) is 94.3 Å². The van der Waals surface area contributed by atoms with Gasteiger partial charge in [0.1, 0.15) is 6.54 Å². The van der Waals surface area contributed by atoms with Crippen LogP contribution in [0.5, 0.6) is 0 Å². The van der Waals surface area contributed by atoms with Crippen LogP contribution in [0.15, 0.2) is 24.3 Å². The smallest absolute Gasteiger partial charge is 0.325 e. The van der Waals surface area contributed by atoms with E-state index in [1.54, 1.807) is 31.2 Å². The van der Waals surface area contributed by atoms with Crippen LogP contribution >= 0.6 is 0 Å². The fraction of sp³-hybridized carbons (Fsp3) is 0.214. The second kappa shape index (κ2) is 5.56. The van der Waals surface area contributed by atoms with E-state index in [9.17, 15) is 9.59 Å². The number of hydrogen-bond acceptors (Lipinski definition) is 5. The molecule has 104 valence electrons. The first kappa shape index (κ1) is 13.8. The fourth-order valence-corrected chi connectivity index (χ4v) is 1.91. The first-order valence-electron chi connectivity index (χ1n) is 6.03. The van der Waals surface area contributed by atoms with Gasteiger partial charge in [0.2, 0.25) is 0 Å². The Labute approximate surface area is 115 Å². The van der Waals surface area contributed by atoms with E-state index in [1.165, 1.54) is 7.11 Å². The van der Waals surface area contributed by atoms with Crippen LogP contribution in [0.1, 0.15) is 16.1 Å². The predicted molar refractivity (Wildman–Crippen MR) is 75.2 cm³/mol. The number of aromatic nitrogens is 1. The molecule has 2 aromatic rings. The molecule has 0 bridgehead atoms. The number of nitrogen functional groups attached to an aromatic ring is 1. The number of hydrogen-bond donors (Lipinski definition) is 2. The molecule has 0 aliphatic rings. The Morgan fingerprint density at radius 2 is 2.15 bits per heavy atom. The van der Waals surface area contributed by atoms with Crippen LogP contribution < -0.4 is 11.1 Å². The quantitative estimate of drug-likeness (QED) is 0.643. The van der Waals surface area contributed by atoms with Gasteiger partial charge in [-0.25, -0.2) is 0 Å². The summed E-state index contributed by atoms with van der Waals surface area (Å²) in [5.74, 6) is -0.871. The lowest BCUT2D eigenvalue weighted by molar-refractivity contribution is -0.139. The van der Waals surface area contributed by atoms with Crippen molar-refractivity contribution in [1.29, 1.82) is 0 Å². The first-order valence-corrected chi connectivity index (χ1v) is 6.03. The fourth-order valence-electron chi connectivity index (χ4n) is 1.91. The third-order valence-electron chi connectivity index (χ3n) is 2.86. The van der Waals surface area contributed by atoms with Crippen molar-refractivity contribution in [1.82, 2.24) is 10.3 Å². The van der Waals surface area contributed by atoms with Gasteiger partial charge in [0.15, 0.2) is 0 Å². The number of fused-ring (bicyclic) bond motifs is 1. The van der Waals surface area contributed by atoms with Gasteiger partial charge < -0.3 is 15.8 Å². The van der Waals surface area contributed by atoms with Gasteiger partial charge >= 0.3 is 5.97 Å². The molecule has 1 heterocycles. The van der Waals surface area contributed by atoms with Crippen molar-refractivity contribution in [2.45, 2.75) is 6.92 Å². The molecule has 0 unspecified atom stereocenters. The summed E-state index contributed by atoms with van der Waals surface area (Å²) >= 11 is 0. The summed E-state index contributed by atoms with van der Waals surface area (Å²) in [7, 11) is 1.27. The third kappa shape index (κ3) is 2.69. The number of benzene rings is 1. The van der Waals surface area contributed by atoms with E-state index in [0.717, 1.165) is 0 Å². The number of methoxy groups -OCH3 is 1. The van der Waals surface area contributed by atoms with Crippen LogP contribution in [0.3, 0.4) is 0 Å². The van der Waals surface area contributed by atoms with Crippen LogP contribution in [0.25, 0.3) is 10.9 Å². The number of amides is 1. The molecule has 2 rings (SSSR count). The highest BCUT2D eigenvalue weighted by molar-refractivity contribution is 6.09. The molecular formula is C14H15N3O3. The van der Waals surface area contributed by atoms with Gasteiger partial charge in [-0.05, 0) is 19.1 Å². The maximum atomic E-state index is 12.2.